The molecule has 3 aliphatic rings. The number of carbonyl (C=O) groups is 2. The summed E-state index contributed by atoms with van der Waals surface area (Å²) in [5.41, 5.74) is 0.118. The number of carbonyl (C=O) groups excluding carboxylic acids is 2. The fourth-order valence-electron chi connectivity index (χ4n) is 3.78. The summed E-state index contributed by atoms with van der Waals surface area (Å²) >= 11 is 0. The quantitative estimate of drug-likeness (QED) is 0.582. The maximum absolute atomic E-state index is 13.3. The number of allylic oxidation sites excluding steroid dienone is 2. The molecule has 0 aromatic heterocycles. The van der Waals surface area contributed by atoms with Crippen molar-refractivity contribution in [3.05, 3.63) is 42.0 Å². The number of benzene rings is 1. The van der Waals surface area contributed by atoms with Crippen LogP contribution in [0.2, 0.25) is 0 Å². The predicted molar refractivity (Wildman–Crippen MR) is 66.6 cm³/mol. The van der Waals surface area contributed by atoms with Gasteiger partial charge in [0.05, 0.1) is 17.5 Å². The molecule has 4 atom stereocenters. The van der Waals surface area contributed by atoms with Crippen molar-refractivity contribution in [3.8, 4) is 0 Å². The van der Waals surface area contributed by atoms with Gasteiger partial charge in [-0.05, 0) is 30.4 Å². The molecule has 102 valence electrons. The van der Waals surface area contributed by atoms with Gasteiger partial charge in [0.1, 0.15) is 0 Å². The predicted octanol–water partition coefficient (Wildman–Crippen LogP) is 2.28. The van der Waals surface area contributed by atoms with Gasteiger partial charge in [0.25, 0.3) is 0 Å². The summed E-state index contributed by atoms with van der Waals surface area (Å²) < 4.78 is 26.3. The molecule has 1 saturated heterocycles. The van der Waals surface area contributed by atoms with Gasteiger partial charge in [0.15, 0.2) is 11.6 Å². The summed E-state index contributed by atoms with van der Waals surface area (Å²) in [6, 6.07) is 3.11. The van der Waals surface area contributed by atoms with Crippen LogP contribution in [0.15, 0.2) is 30.4 Å². The molecule has 2 fully saturated rings. The van der Waals surface area contributed by atoms with E-state index >= 15 is 0 Å². The van der Waals surface area contributed by atoms with Gasteiger partial charge in [0, 0.05) is 6.07 Å². The van der Waals surface area contributed by atoms with Crippen LogP contribution >= 0.6 is 0 Å². The van der Waals surface area contributed by atoms with Crippen molar-refractivity contribution in [2.75, 3.05) is 4.90 Å². The van der Waals surface area contributed by atoms with E-state index in [0.717, 1.165) is 23.5 Å². The van der Waals surface area contributed by atoms with E-state index in [1.807, 2.05) is 12.2 Å². The van der Waals surface area contributed by atoms with Crippen LogP contribution in [0.5, 0.6) is 0 Å². The van der Waals surface area contributed by atoms with E-state index in [0.29, 0.717) is 0 Å². The largest absolute Gasteiger partial charge is 0.274 e. The zero-order valence-corrected chi connectivity index (χ0v) is 10.4. The second kappa shape index (κ2) is 3.75. The number of imide groups is 1. The number of halogens is 2. The van der Waals surface area contributed by atoms with Crippen LogP contribution in [-0.4, -0.2) is 11.8 Å². The topological polar surface area (TPSA) is 37.4 Å². The first-order chi connectivity index (χ1) is 9.58. The molecule has 2 amide bonds. The Hall–Kier alpha value is -2.04. The zero-order chi connectivity index (χ0) is 14.0. The van der Waals surface area contributed by atoms with E-state index < -0.39 is 11.6 Å². The lowest BCUT2D eigenvalue weighted by Gasteiger charge is -2.17. The minimum absolute atomic E-state index is 0.108. The molecule has 4 rings (SSSR count). The average molecular weight is 275 g/mol. The molecule has 0 N–H and O–H groups in total. The standard InChI is InChI=1S/C15H11F2NO2/c16-10-4-3-9(6-11(10)17)18-14(19)12-7-1-2-8(5-7)13(12)15(18)20/h1-4,6-8,12-13H,5H2/t7-,8+,12-,13+. The van der Waals surface area contributed by atoms with Crippen LogP contribution < -0.4 is 4.90 Å². The molecule has 2 bridgehead atoms. The third-order valence-corrected chi connectivity index (χ3v) is 4.63. The Kier molecular flexibility index (Phi) is 2.20. The maximum atomic E-state index is 13.3. The molecule has 1 heterocycles. The van der Waals surface area contributed by atoms with Gasteiger partial charge >= 0.3 is 0 Å². The minimum Gasteiger partial charge on any atom is -0.274 e. The van der Waals surface area contributed by atoms with Crippen molar-refractivity contribution in [3.63, 3.8) is 0 Å². The van der Waals surface area contributed by atoms with Gasteiger partial charge in [-0.3, -0.25) is 9.59 Å². The van der Waals surface area contributed by atoms with Crippen molar-refractivity contribution in [2.24, 2.45) is 23.7 Å². The maximum Gasteiger partial charge on any atom is 0.238 e. The molecule has 1 aromatic carbocycles. The van der Waals surface area contributed by atoms with Gasteiger partial charge in [-0.25, -0.2) is 13.7 Å². The zero-order valence-electron chi connectivity index (χ0n) is 10.4. The van der Waals surface area contributed by atoms with Crippen LogP contribution in [0.4, 0.5) is 14.5 Å². The Labute approximate surface area is 113 Å². The van der Waals surface area contributed by atoms with E-state index in [2.05, 4.69) is 0 Å². The number of nitrogens with zero attached hydrogens (tertiary/aromatic N) is 1. The molecular formula is C15H11F2NO2. The highest BCUT2D eigenvalue weighted by Gasteiger charge is 2.59. The lowest BCUT2D eigenvalue weighted by Crippen LogP contribution is -2.32. The fourth-order valence-corrected chi connectivity index (χ4v) is 3.78. The number of anilines is 1. The van der Waals surface area contributed by atoms with Crippen molar-refractivity contribution < 1.29 is 18.4 Å². The van der Waals surface area contributed by atoms with Crippen molar-refractivity contribution in [1.82, 2.24) is 0 Å². The Morgan fingerprint density at radius 2 is 1.55 bits per heavy atom. The van der Waals surface area contributed by atoms with E-state index in [9.17, 15) is 18.4 Å². The van der Waals surface area contributed by atoms with Crippen molar-refractivity contribution >= 4 is 17.5 Å². The highest BCUT2D eigenvalue weighted by atomic mass is 19.2. The molecule has 2 aliphatic carbocycles. The highest BCUT2D eigenvalue weighted by molar-refractivity contribution is 6.22. The Morgan fingerprint density at radius 1 is 0.950 bits per heavy atom. The van der Waals surface area contributed by atoms with Gasteiger partial charge in [-0.15, -0.1) is 0 Å². The molecule has 3 nitrogen and oxygen atoms in total. The summed E-state index contributed by atoms with van der Waals surface area (Å²) in [5.74, 6) is -3.06. The van der Waals surface area contributed by atoms with Crippen molar-refractivity contribution in [1.29, 1.82) is 0 Å². The lowest BCUT2D eigenvalue weighted by molar-refractivity contribution is -0.123. The molecule has 0 spiro atoms. The van der Waals surface area contributed by atoms with Gasteiger partial charge < -0.3 is 0 Å². The van der Waals surface area contributed by atoms with Crippen LogP contribution in [-0.2, 0) is 9.59 Å². The van der Waals surface area contributed by atoms with Crippen LogP contribution in [0, 0.1) is 35.3 Å². The number of amides is 2. The van der Waals surface area contributed by atoms with Gasteiger partial charge in [-0.1, -0.05) is 12.2 Å². The summed E-state index contributed by atoms with van der Waals surface area (Å²) in [5, 5.41) is 0. The third-order valence-electron chi connectivity index (χ3n) is 4.63. The number of hydrogen-bond acceptors (Lipinski definition) is 2. The average Bonchev–Trinajstić information content (AvgIpc) is 3.08. The molecule has 1 aromatic rings. The number of fused-ring (bicyclic) bond motifs is 5. The van der Waals surface area contributed by atoms with Crippen LogP contribution in [0.1, 0.15) is 6.42 Å². The second-order valence-corrected chi connectivity index (χ2v) is 5.61. The summed E-state index contributed by atoms with van der Waals surface area (Å²) in [6.45, 7) is 0. The SMILES string of the molecule is O=C1[C@@H]2[C@H](C(=O)N1c1ccc(F)c(F)c1)[C@@H]1C=C[C@H]2C1. The van der Waals surface area contributed by atoms with E-state index in [4.69, 9.17) is 0 Å². The van der Waals surface area contributed by atoms with Gasteiger partial charge in [0.2, 0.25) is 11.8 Å². The normalized spacial score (nSPS) is 34.2. The smallest absolute Gasteiger partial charge is 0.238 e. The Morgan fingerprint density at radius 3 is 2.10 bits per heavy atom. The summed E-state index contributed by atoms with van der Waals surface area (Å²) in [4.78, 5) is 25.9. The fraction of sp³-hybridized carbons (Fsp3) is 0.333. The monoisotopic (exact) mass is 275 g/mol. The van der Waals surface area contributed by atoms with E-state index in [1.54, 1.807) is 0 Å². The van der Waals surface area contributed by atoms with E-state index in [-0.39, 0.29) is 41.2 Å². The number of hydrogen-bond donors (Lipinski definition) is 0. The lowest BCUT2D eigenvalue weighted by atomic mass is 9.85. The molecule has 1 saturated carbocycles. The molecule has 1 aliphatic heterocycles. The summed E-state index contributed by atoms with van der Waals surface area (Å²) in [7, 11) is 0. The van der Waals surface area contributed by atoms with E-state index in [1.165, 1.54) is 6.07 Å². The Balaban J connectivity index is 1.76. The molecule has 0 radical (unpaired) electrons. The first-order valence-corrected chi connectivity index (χ1v) is 6.59. The molecule has 0 unspecified atom stereocenters. The molecule has 20 heavy (non-hydrogen) atoms. The minimum atomic E-state index is -1.05. The molecular weight excluding hydrogens is 264 g/mol. The number of rotatable bonds is 1. The first-order valence-electron chi connectivity index (χ1n) is 6.59. The molecule has 5 heteroatoms. The van der Waals surface area contributed by atoms with Crippen molar-refractivity contribution in [2.45, 2.75) is 6.42 Å². The second-order valence-electron chi connectivity index (χ2n) is 5.61. The van der Waals surface area contributed by atoms with Crippen LogP contribution in [0.25, 0.3) is 0 Å². The Bertz CT molecular complexity index is 640. The van der Waals surface area contributed by atoms with Crippen LogP contribution in [0.3, 0.4) is 0 Å². The van der Waals surface area contributed by atoms with Gasteiger partial charge in [-0.2, -0.15) is 0 Å². The summed E-state index contributed by atoms with van der Waals surface area (Å²) in [6.07, 6.45) is 4.83. The highest BCUT2D eigenvalue weighted by Crippen LogP contribution is 2.53. The third kappa shape index (κ3) is 1.32. The first kappa shape index (κ1) is 11.8.